The molecule has 0 saturated carbocycles. The van der Waals surface area contributed by atoms with Crippen LogP contribution in [0.5, 0.6) is 0 Å². The molecule has 6 heteroatoms. The van der Waals surface area contributed by atoms with Gasteiger partial charge in [-0.3, -0.25) is 14.4 Å². The maximum absolute atomic E-state index is 12.4. The molecule has 0 radical (unpaired) electrons. The molecule has 1 aromatic heterocycles. The normalized spacial score (nSPS) is 17.8. The lowest BCUT2D eigenvalue weighted by molar-refractivity contribution is 0.0899. The summed E-state index contributed by atoms with van der Waals surface area (Å²) < 4.78 is 1.71. The number of Topliss-reactive ketones (excluding diaryl/α,β-unsaturated/α-hetero) is 1. The molecule has 0 amide bonds. The first-order valence-electron chi connectivity index (χ1n) is 6.84. The molecule has 0 aromatic carbocycles. The van der Waals surface area contributed by atoms with Crippen LogP contribution in [0.4, 0.5) is 0 Å². The molecular weight excluding hydrogens is 264 g/mol. The predicted molar refractivity (Wildman–Crippen MR) is 75.5 cm³/mol. The highest BCUT2D eigenvalue weighted by atomic mass is 35.5. The fourth-order valence-electron chi connectivity index (χ4n) is 2.41. The zero-order valence-electron chi connectivity index (χ0n) is 11.3. The Bertz CT molecular complexity index is 438. The number of ketones is 1. The monoisotopic (exact) mass is 284 g/mol. The van der Waals surface area contributed by atoms with E-state index in [0.717, 1.165) is 38.9 Å². The van der Waals surface area contributed by atoms with Crippen molar-refractivity contribution in [1.82, 2.24) is 14.7 Å². The number of rotatable bonds is 5. The number of likely N-dealkylation sites (tertiary alicyclic amines) is 1. The van der Waals surface area contributed by atoms with Crippen molar-refractivity contribution in [2.24, 2.45) is 5.73 Å². The third kappa shape index (κ3) is 3.55. The van der Waals surface area contributed by atoms with E-state index in [-0.39, 0.29) is 11.8 Å². The Kier molecular flexibility index (Phi) is 4.96. The number of hydrogen-bond donors (Lipinski definition) is 1. The summed E-state index contributed by atoms with van der Waals surface area (Å²) in [6.45, 7) is 4.94. The summed E-state index contributed by atoms with van der Waals surface area (Å²) in [5.74, 6) is 0.0476. The van der Waals surface area contributed by atoms with Crippen LogP contribution < -0.4 is 5.73 Å². The van der Waals surface area contributed by atoms with Crippen LogP contribution in [0, 0.1) is 0 Å². The second-order valence-corrected chi connectivity index (χ2v) is 5.51. The van der Waals surface area contributed by atoms with Gasteiger partial charge >= 0.3 is 0 Å². The van der Waals surface area contributed by atoms with Gasteiger partial charge in [-0.05, 0) is 19.3 Å². The highest BCUT2D eigenvalue weighted by molar-refractivity contribution is 6.33. The van der Waals surface area contributed by atoms with Crippen LogP contribution in [0.2, 0.25) is 5.02 Å². The largest absolute Gasteiger partial charge is 0.328 e. The molecule has 0 aliphatic carbocycles. The predicted octanol–water partition coefficient (Wildman–Crippen LogP) is 1.55. The number of nitrogens with two attached hydrogens (primary N) is 1. The standard InChI is InChI=1S/C13H21ClN4O/c1-2-5-18-13(11(14)8-16-18)12(19)9-17-6-3-10(15)4-7-17/h8,10H,2-7,9,15H2,1H3. The lowest BCUT2D eigenvalue weighted by Gasteiger charge is -2.29. The van der Waals surface area contributed by atoms with Crippen molar-refractivity contribution >= 4 is 17.4 Å². The van der Waals surface area contributed by atoms with Gasteiger partial charge in [0.15, 0.2) is 5.78 Å². The molecule has 1 fully saturated rings. The molecule has 2 rings (SSSR count). The van der Waals surface area contributed by atoms with Crippen LogP contribution in [-0.2, 0) is 6.54 Å². The van der Waals surface area contributed by atoms with E-state index in [0.29, 0.717) is 17.3 Å². The minimum Gasteiger partial charge on any atom is -0.328 e. The number of nitrogens with zero attached hydrogens (tertiary/aromatic N) is 3. The van der Waals surface area contributed by atoms with Crippen molar-refractivity contribution in [3.63, 3.8) is 0 Å². The van der Waals surface area contributed by atoms with Gasteiger partial charge in [-0.15, -0.1) is 0 Å². The quantitative estimate of drug-likeness (QED) is 0.834. The van der Waals surface area contributed by atoms with Gasteiger partial charge in [0.05, 0.1) is 17.8 Å². The van der Waals surface area contributed by atoms with E-state index < -0.39 is 0 Å². The lowest BCUT2D eigenvalue weighted by atomic mass is 10.1. The SMILES string of the molecule is CCCn1ncc(Cl)c1C(=O)CN1CCC(N)CC1. The summed E-state index contributed by atoms with van der Waals surface area (Å²) in [6, 6.07) is 0.278. The molecular formula is C13H21ClN4O. The van der Waals surface area contributed by atoms with E-state index in [1.807, 2.05) is 0 Å². The average molecular weight is 285 g/mol. The zero-order valence-corrected chi connectivity index (χ0v) is 12.1. The zero-order chi connectivity index (χ0) is 13.8. The first kappa shape index (κ1) is 14.5. The fraction of sp³-hybridized carbons (Fsp3) is 0.692. The van der Waals surface area contributed by atoms with Crippen LogP contribution >= 0.6 is 11.6 Å². The number of aromatic nitrogens is 2. The number of carbonyl (C=O) groups is 1. The van der Waals surface area contributed by atoms with Crippen LogP contribution in [-0.4, -0.2) is 46.1 Å². The highest BCUT2D eigenvalue weighted by Gasteiger charge is 2.22. The van der Waals surface area contributed by atoms with Gasteiger partial charge in [0.2, 0.25) is 0 Å². The summed E-state index contributed by atoms with van der Waals surface area (Å²) in [7, 11) is 0. The minimum atomic E-state index is 0.0476. The topological polar surface area (TPSA) is 64.2 Å². The van der Waals surface area contributed by atoms with Gasteiger partial charge < -0.3 is 5.73 Å². The second-order valence-electron chi connectivity index (χ2n) is 5.10. The van der Waals surface area contributed by atoms with Gasteiger partial charge in [0.1, 0.15) is 5.69 Å². The first-order chi connectivity index (χ1) is 9.11. The van der Waals surface area contributed by atoms with E-state index in [1.165, 1.54) is 0 Å². The third-order valence-corrected chi connectivity index (χ3v) is 3.77. The van der Waals surface area contributed by atoms with Gasteiger partial charge in [-0.2, -0.15) is 5.10 Å². The third-order valence-electron chi connectivity index (χ3n) is 3.49. The average Bonchev–Trinajstić information content (AvgIpc) is 2.74. The van der Waals surface area contributed by atoms with Crippen LogP contribution in [0.1, 0.15) is 36.7 Å². The second kappa shape index (κ2) is 6.50. The summed E-state index contributed by atoms with van der Waals surface area (Å²) in [5.41, 5.74) is 6.40. The maximum atomic E-state index is 12.4. The molecule has 106 valence electrons. The molecule has 0 unspecified atom stereocenters. The first-order valence-corrected chi connectivity index (χ1v) is 7.22. The molecule has 19 heavy (non-hydrogen) atoms. The Hall–Kier alpha value is -0.910. The Labute approximate surface area is 118 Å². The number of piperidine rings is 1. The van der Waals surface area contributed by atoms with Crippen molar-refractivity contribution in [2.75, 3.05) is 19.6 Å². The Morgan fingerprint density at radius 1 is 1.53 bits per heavy atom. The molecule has 5 nitrogen and oxygen atoms in total. The van der Waals surface area contributed by atoms with Crippen molar-refractivity contribution in [1.29, 1.82) is 0 Å². The number of halogens is 1. The summed E-state index contributed by atoms with van der Waals surface area (Å²) >= 11 is 6.07. The van der Waals surface area contributed by atoms with E-state index in [2.05, 4.69) is 16.9 Å². The summed E-state index contributed by atoms with van der Waals surface area (Å²) in [6.07, 6.45) is 4.39. The smallest absolute Gasteiger partial charge is 0.196 e. The Morgan fingerprint density at radius 2 is 2.21 bits per heavy atom. The van der Waals surface area contributed by atoms with E-state index in [9.17, 15) is 4.79 Å². The van der Waals surface area contributed by atoms with Crippen molar-refractivity contribution in [3.8, 4) is 0 Å². The Morgan fingerprint density at radius 3 is 2.84 bits per heavy atom. The van der Waals surface area contributed by atoms with Crippen LogP contribution in [0.3, 0.4) is 0 Å². The molecule has 2 heterocycles. The minimum absolute atomic E-state index is 0.0476. The molecule has 0 bridgehead atoms. The summed E-state index contributed by atoms with van der Waals surface area (Å²) in [5, 5.41) is 4.61. The number of aryl methyl sites for hydroxylation is 1. The maximum Gasteiger partial charge on any atom is 0.196 e. The van der Waals surface area contributed by atoms with Crippen molar-refractivity contribution < 1.29 is 4.79 Å². The fourth-order valence-corrected chi connectivity index (χ4v) is 2.66. The molecule has 1 aliphatic heterocycles. The number of carbonyl (C=O) groups excluding carboxylic acids is 1. The number of hydrogen-bond acceptors (Lipinski definition) is 4. The van der Waals surface area contributed by atoms with E-state index in [1.54, 1.807) is 10.9 Å². The highest BCUT2D eigenvalue weighted by Crippen LogP contribution is 2.17. The lowest BCUT2D eigenvalue weighted by Crippen LogP contribution is -2.42. The van der Waals surface area contributed by atoms with Gasteiger partial charge in [-0.1, -0.05) is 18.5 Å². The molecule has 0 spiro atoms. The molecule has 2 N–H and O–H groups in total. The van der Waals surface area contributed by atoms with Crippen molar-refractivity contribution in [3.05, 3.63) is 16.9 Å². The molecule has 1 aliphatic rings. The van der Waals surface area contributed by atoms with Gasteiger partial charge in [-0.25, -0.2) is 0 Å². The molecule has 1 saturated heterocycles. The van der Waals surface area contributed by atoms with Gasteiger partial charge in [0.25, 0.3) is 0 Å². The van der Waals surface area contributed by atoms with Crippen molar-refractivity contribution in [2.45, 2.75) is 38.8 Å². The Balaban J connectivity index is 2.01. The van der Waals surface area contributed by atoms with Crippen LogP contribution in [0.25, 0.3) is 0 Å². The van der Waals surface area contributed by atoms with Gasteiger partial charge in [0, 0.05) is 25.7 Å². The molecule has 0 atom stereocenters. The van der Waals surface area contributed by atoms with E-state index in [4.69, 9.17) is 17.3 Å². The van der Waals surface area contributed by atoms with Crippen LogP contribution in [0.15, 0.2) is 6.20 Å². The summed E-state index contributed by atoms with van der Waals surface area (Å²) in [4.78, 5) is 14.5. The molecule has 1 aromatic rings. The van der Waals surface area contributed by atoms with E-state index >= 15 is 0 Å².